The van der Waals surface area contributed by atoms with Gasteiger partial charge in [0.1, 0.15) is 22.3 Å². The Bertz CT molecular complexity index is 3580. The Labute approximate surface area is 330 Å². The van der Waals surface area contributed by atoms with E-state index in [-0.39, 0.29) is 75.1 Å². The highest BCUT2D eigenvalue weighted by atomic mass is 16.3. The van der Waals surface area contributed by atoms with E-state index in [9.17, 15) is 5.48 Å². The second-order valence-electron chi connectivity index (χ2n) is 13.5. The summed E-state index contributed by atoms with van der Waals surface area (Å²) in [7, 11) is 0. The van der Waals surface area contributed by atoms with Crippen molar-refractivity contribution in [3.8, 4) is 67.5 Å². The van der Waals surface area contributed by atoms with Crippen LogP contribution in [0.4, 0.5) is 0 Å². The van der Waals surface area contributed by atoms with Crippen molar-refractivity contribution in [3.63, 3.8) is 0 Å². The van der Waals surface area contributed by atoms with Crippen LogP contribution in [0.15, 0.2) is 197 Å². The molecule has 5 heteroatoms. The number of hydrogen-bond donors (Lipinski definition) is 0. The lowest BCUT2D eigenvalue weighted by Crippen LogP contribution is -2.00. The van der Waals surface area contributed by atoms with Crippen LogP contribution in [0.1, 0.15) is 8.22 Å². The first kappa shape index (κ1) is 26.2. The molecule has 0 amide bonds. The van der Waals surface area contributed by atoms with Crippen molar-refractivity contribution in [2.75, 3.05) is 0 Å². The SMILES string of the molecule is [2H]c1c([2H])c(-c2ccc(-c3ccccc3)c3c2oc2ccccc23)c2c(oc3c([2H])c(-c4nc(-c5ccccc5)nc(-c5ccc(-c6ccccc6)cc5)n4)c([2H])c([2H])c32)c1[2H]. The maximum Gasteiger partial charge on any atom is 0.164 e. The van der Waals surface area contributed by atoms with Gasteiger partial charge in [0.15, 0.2) is 17.5 Å². The van der Waals surface area contributed by atoms with Gasteiger partial charge in [0.05, 0.1) is 8.22 Å². The van der Waals surface area contributed by atoms with Crippen LogP contribution in [-0.2, 0) is 0 Å². The maximum atomic E-state index is 9.63. The van der Waals surface area contributed by atoms with Crippen molar-refractivity contribution >= 4 is 43.9 Å². The Hall–Kier alpha value is -7.63. The normalized spacial score (nSPS) is 13.1. The van der Waals surface area contributed by atoms with Crippen molar-refractivity contribution < 1.29 is 17.1 Å². The lowest BCUT2D eigenvalue weighted by Gasteiger charge is -2.10. The number of para-hydroxylation sites is 1. The first-order chi connectivity index (χ1) is 30.3. The van der Waals surface area contributed by atoms with Crippen molar-refractivity contribution in [3.05, 3.63) is 188 Å². The molecule has 0 aliphatic rings. The zero-order chi connectivity index (χ0) is 42.2. The summed E-state index contributed by atoms with van der Waals surface area (Å²) in [4.78, 5) is 14.5. The molecule has 3 heterocycles. The van der Waals surface area contributed by atoms with E-state index >= 15 is 0 Å². The highest BCUT2D eigenvalue weighted by Gasteiger charge is 2.21. The summed E-state index contributed by atoms with van der Waals surface area (Å²) in [6, 6.07) is 46.5. The summed E-state index contributed by atoms with van der Waals surface area (Å²) in [6.45, 7) is 0. The van der Waals surface area contributed by atoms with Crippen molar-refractivity contribution in [1.82, 2.24) is 15.0 Å². The Morgan fingerprint density at radius 1 is 0.357 bits per heavy atom. The van der Waals surface area contributed by atoms with Gasteiger partial charge in [-0.3, -0.25) is 0 Å². The average Bonchev–Trinajstić information content (AvgIpc) is 3.92. The standard InChI is InChI=1S/C51H31N3O2/c1-4-13-32(14-5-1)33-23-25-36(26-24-33)50-52-49(35-17-8-3-9-18-35)53-51(54-50)37-27-28-42-45(31-37)55-44-22-12-20-39(46(42)44)40-30-29-38(34-15-6-2-7-16-34)47-41-19-10-11-21-43(41)56-48(40)47/h1-31H/i12D,20D,22D,27D,28D,31D. The van der Waals surface area contributed by atoms with Crippen LogP contribution in [0.5, 0.6) is 0 Å². The van der Waals surface area contributed by atoms with Crippen LogP contribution >= 0.6 is 0 Å². The van der Waals surface area contributed by atoms with Gasteiger partial charge in [0.2, 0.25) is 0 Å². The van der Waals surface area contributed by atoms with E-state index in [1.54, 1.807) is 0 Å². The Morgan fingerprint density at radius 3 is 1.66 bits per heavy atom. The van der Waals surface area contributed by atoms with E-state index in [1.807, 2.05) is 152 Å². The molecule has 3 aromatic heterocycles. The van der Waals surface area contributed by atoms with Gasteiger partial charge >= 0.3 is 0 Å². The van der Waals surface area contributed by atoms with E-state index < -0.39 is 0 Å². The maximum absolute atomic E-state index is 9.63. The first-order valence-corrected chi connectivity index (χ1v) is 18.2. The van der Waals surface area contributed by atoms with Gasteiger partial charge in [0.25, 0.3) is 0 Å². The lowest BCUT2D eigenvalue weighted by molar-refractivity contribution is 0.669. The van der Waals surface area contributed by atoms with Gasteiger partial charge in [0, 0.05) is 43.8 Å². The summed E-state index contributed by atoms with van der Waals surface area (Å²) in [5, 5.41) is 1.91. The van der Waals surface area contributed by atoms with Crippen molar-refractivity contribution in [1.29, 1.82) is 0 Å². The molecule has 0 N–H and O–H groups in total. The largest absolute Gasteiger partial charge is 0.456 e. The van der Waals surface area contributed by atoms with E-state index in [1.165, 1.54) is 0 Å². The molecule has 8 aromatic carbocycles. The molecule has 262 valence electrons. The van der Waals surface area contributed by atoms with E-state index in [0.29, 0.717) is 39.5 Å². The van der Waals surface area contributed by atoms with Gasteiger partial charge in [-0.1, -0.05) is 158 Å². The molecular weight excluding hydrogens is 687 g/mol. The smallest absolute Gasteiger partial charge is 0.164 e. The van der Waals surface area contributed by atoms with Gasteiger partial charge in [-0.05, 0) is 58.1 Å². The van der Waals surface area contributed by atoms with E-state index in [4.69, 9.17) is 26.5 Å². The van der Waals surface area contributed by atoms with Crippen LogP contribution in [-0.4, -0.2) is 15.0 Å². The zero-order valence-corrected chi connectivity index (χ0v) is 29.6. The second-order valence-corrected chi connectivity index (χ2v) is 13.5. The molecule has 0 aliphatic heterocycles. The summed E-state index contributed by atoms with van der Waals surface area (Å²) < 4.78 is 69.0. The number of benzene rings is 8. The minimum atomic E-state index is -0.389. The summed E-state index contributed by atoms with van der Waals surface area (Å²) in [5.74, 6) is 0.627. The molecule has 11 aromatic rings. The van der Waals surface area contributed by atoms with E-state index in [0.717, 1.165) is 33.0 Å². The number of fused-ring (bicyclic) bond motifs is 6. The first-order valence-electron chi connectivity index (χ1n) is 21.2. The predicted molar refractivity (Wildman–Crippen MR) is 227 cm³/mol. The summed E-state index contributed by atoms with van der Waals surface area (Å²) in [5.41, 5.74) is 6.83. The third-order valence-corrected chi connectivity index (χ3v) is 10.1. The lowest BCUT2D eigenvalue weighted by atomic mass is 9.93. The third-order valence-electron chi connectivity index (χ3n) is 10.1. The molecule has 0 atom stereocenters. The highest BCUT2D eigenvalue weighted by Crippen LogP contribution is 2.45. The minimum absolute atomic E-state index is 0.000937. The van der Waals surface area contributed by atoms with Crippen LogP contribution in [0.3, 0.4) is 0 Å². The third kappa shape index (κ3) is 5.37. The number of furan rings is 2. The molecule has 5 nitrogen and oxygen atoms in total. The molecule has 11 rings (SSSR count). The molecule has 0 spiro atoms. The Morgan fingerprint density at radius 2 is 0.929 bits per heavy atom. The molecule has 0 fully saturated rings. The van der Waals surface area contributed by atoms with Crippen LogP contribution in [0.25, 0.3) is 111 Å². The minimum Gasteiger partial charge on any atom is -0.456 e. The number of rotatable bonds is 6. The molecule has 0 bridgehead atoms. The van der Waals surface area contributed by atoms with E-state index in [2.05, 4.69) is 0 Å². The molecule has 0 unspecified atom stereocenters. The highest BCUT2D eigenvalue weighted by molar-refractivity contribution is 6.20. The number of aromatic nitrogens is 3. The zero-order valence-electron chi connectivity index (χ0n) is 35.6. The molecule has 0 aliphatic carbocycles. The predicted octanol–water partition coefficient (Wildman–Crippen LogP) is 13.7. The quantitative estimate of drug-likeness (QED) is 0.171. The number of hydrogen-bond acceptors (Lipinski definition) is 5. The van der Waals surface area contributed by atoms with Gasteiger partial charge in [-0.2, -0.15) is 0 Å². The monoisotopic (exact) mass is 723 g/mol. The van der Waals surface area contributed by atoms with Crippen LogP contribution < -0.4 is 0 Å². The molecule has 56 heavy (non-hydrogen) atoms. The van der Waals surface area contributed by atoms with Crippen molar-refractivity contribution in [2.45, 2.75) is 0 Å². The van der Waals surface area contributed by atoms with Crippen LogP contribution in [0, 0.1) is 0 Å². The molecule has 0 radical (unpaired) electrons. The Balaban J connectivity index is 1.16. The average molecular weight is 724 g/mol. The Kier molecular flexibility index (Phi) is 6.10. The molecule has 0 saturated carbocycles. The fraction of sp³-hybridized carbons (Fsp3) is 0. The van der Waals surface area contributed by atoms with Crippen molar-refractivity contribution in [2.24, 2.45) is 0 Å². The van der Waals surface area contributed by atoms with Crippen LogP contribution in [0.2, 0.25) is 0 Å². The fourth-order valence-corrected chi connectivity index (χ4v) is 7.42. The molecular formula is C51H31N3O2. The number of nitrogens with zero attached hydrogens (tertiary/aromatic N) is 3. The topological polar surface area (TPSA) is 65.0 Å². The van der Waals surface area contributed by atoms with Gasteiger partial charge in [-0.25, -0.2) is 15.0 Å². The van der Waals surface area contributed by atoms with Gasteiger partial charge in [-0.15, -0.1) is 0 Å². The fourth-order valence-electron chi connectivity index (χ4n) is 7.42. The summed E-state index contributed by atoms with van der Waals surface area (Å²) >= 11 is 0. The second kappa shape index (κ2) is 13.0. The van der Waals surface area contributed by atoms with Gasteiger partial charge < -0.3 is 8.83 Å². The molecule has 0 saturated heterocycles. The summed E-state index contributed by atoms with van der Waals surface area (Å²) in [6.07, 6.45) is 0.